The summed E-state index contributed by atoms with van der Waals surface area (Å²) in [6.45, 7) is 9.08. The number of hydrogen-bond donors (Lipinski definition) is 1. The highest BCUT2D eigenvalue weighted by Crippen LogP contribution is 2.26. The van der Waals surface area contributed by atoms with Gasteiger partial charge in [0.15, 0.2) is 0 Å². The molecule has 1 aromatic rings. The predicted octanol–water partition coefficient (Wildman–Crippen LogP) is 2.94. The highest BCUT2D eigenvalue weighted by molar-refractivity contribution is 5.22. The molecule has 1 aliphatic rings. The monoisotopic (exact) mass is 265 g/mol. The van der Waals surface area contributed by atoms with Crippen LogP contribution in [0.1, 0.15) is 33.6 Å². The molecule has 1 fully saturated rings. The van der Waals surface area contributed by atoms with Crippen LogP contribution in [0.3, 0.4) is 0 Å². The van der Waals surface area contributed by atoms with Crippen LogP contribution in [0, 0.1) is 0 Å². The highest BCUT2D eigenvalue weighted by atomic mass is 16.5. The molecule has 0 bridgehead atoms. The zero-order valence-electron chi connectivity index (χ0n) is 12.4. The molecule has 1 saturated heterocycles. The fraction of sp³-hybridized carbons (Fsp3) is 0.625. The van der Waals surface area contributed by atoms with Gasteiger partial charge in [0.2, 0.25) is 0 Å². The molecule has 108 valence electrons. The maximum absolute atomic E-state index is 9.00. The van der Waals surface area contributed by atoms with E-state index in [1.165, 1.54) is 0 Å². The Morgan fingerprint density at radius 1 is 1.26 bits per heavy atom. The van der Waals surface area contributed by atoms with Crippen LogP contribution < -0.4 is 4.74 Å². The smallest absolute Gasteiger partial charge is 0.120 e. The number of likely N-dealkylation sites (tertiary alicyclic amines) is 1. The maximum atomic E-state index is 9.00. The molecule has 1 aromatic carbocycles. The lowest BCUT2D eigenvalue weighted by Crippen LogP contribution is -2.50. The lowest BCUT2D eigenvalue weighted by Gasteiger charge is -2.40. The number of β-amino-alcohol motifs (C(OH)–C–C–N with tert-alkyl or cyclic N) is 1. The van der Waals surface area contributed by atoms with Gasteiger partial charge in [-0.3, -0.25) is 4.90 Å². The van der Waals surface area contributed by atoms with Crippen LogP contribution in [0.2, 0.25) is 0 Å². The van der Waals surface area contributed by atoms with E-state index >= 15 is 0 Å². The van der Waals surface area contributed by atoms with Gasteiger partial charge in [0.25, 0.3) is 0 Å². The molecule has 0 radical (unpaired) electrons. The van der Waals surface area contributed by atoms with E-state index in [0.29, 0.717) is 0 Å². The summed E-state index contributed by atoms with van der Waals surface area (Å²) in [5.41, 5.74) is -0.130. The summed E-state index contributed by atoms with van der Waals surface area (Å²) in [6, 6.07) is 9.97. The molecule has 0 amide bonds. The molecule has 3 nitrogen and oxygen atoms in total. The molecule has 2 rings (SSSR count). The molecule has 1 atom stereocenters. The minimum Gasteiger partial charge on any atom is -0.486 e. The molecule has 1 unspecified atom stereocenters. The SMILES string of the molecule is CC.CC1(Oc2ccccc2)CCCN(CCO)C1. The van der Waals surface area contributed by atoms with Gasteiger partial charge >= 0.3 is 0 Å². The summed E-state index contributed by atoms with van der Waals surface area (Å²) in [5.74, 6) is 0.931. The van der Waals surface area contributed by atoms with Gasteiger partial charge in [-0.05, 0) is 38.4 Å². The van der Waals surface area contributed by atoms with Crippen LogP contribution in [0.15, 0.2) is 30.3 Å². The van der Waals surface area contributed by atoms with Gasteiger partial charge in [-0.2, -0.15) is 0 Å². The quantitative estimate of drug-likeness (QED) is 0.908. The van der Waals surface area contributed by atoms with Crippen molar-refractivity contribution >= 4 is 0 Å². The number of hydrogen-bond acceptors (Lipinski definition) is 3. The van der Waals surface area contributed by atoms with E-state index in [-0.39, 0.29) is 12.2 Å². The van der Waals surface area contributed by atoms with Crippen molar-refractivity contribution in [2.75, 3.05) is 26.2 Å². The molecule has 1 heterocycles. The highest BCUT2D eigenvalue weighted by Gasteiger charge is 2.32. The first-order valence-electron chi connectivity index (χ1n) is 7.29. The fourth-order valence-electron chi connectivity index (χ4n) is 2.50. The number of rotatable bonds is 4. The minimum atomic E-state index is -0.130. The van der Waals surface area contributed by atoms with E-state index in [2.05, 4.69) is 11.8 Å². The Balaban J connectivity index is 0.000000861. The van der Waals surface area contributed by atoms with E-state index in [1.54, 1.807) is 0 Å². The number of aliphatic hydroxyl groups is 1. The maximum Gasteiger partial charge on any atom is 0.120 e. The summed E-state index contributed by atoms with van der Waals surface area (Å²) in [6.07, 6.45) is 2.20. The Kier molecular flexibility index (Phi) is 6.89. The Morgan fingerprint density at radius 3 is 2.58 bits per heavy atom. The number of piperidine rings is 1. The van der Waals surface area contributed by atoms with E-state index in [1.807, 2.05) is 44.2 Å². The molecular formula is C16H27NO2. The Hall–Kier alpha value is -1.06. The number of para-hydroxylation sites is 1. The standard InChI is InChI=1S/C14H21NO2.C2H6/c1-14(17-13-6-3-2-4-7-13)8-5-9-15(12-14)10-11-16;1-2/h2-4,6-7,16H,5,8-12H2,1H3;1-2H3. The summed E-state index contributed by atoms with van der Waals surface area (Å²) in [7, 11) is 0. The minimum absolute atomic E-state index is 0.130. The van der Waals surface area contributed by atoms with Crippen molar-refractivity contribution in [1.29, 1.82) is 0 Å². The molecule has 0 aromatic heterocycles. The van der Waals surface area contributed by atoms with Crippen LogP contribution in [0.25, 0.3) is 0 Å². The topological polar surface area (TPSA) is 32.7 Å². The number of aliphatic hydroxyl groups excluding tert-OH is 1. The van der Waals surface area contributed by atoms with Gasteiger partial charge in [0.1, 0.15) is 11.4 Å². The third-order valence-corrected chi connectivity index (χ3v) is 3.26. The van der Waals surface area contributed by atoms with Crippen LogP contribution in [0.5, 0.6) is 5.75 Å². The van der Waals surface area contributed by atoms with Gasteiger partial charge < -0.3 is 9.84 Å². The normalized spacial score (nSPS) is 23.4. The molecular weight excluding hydrogens is 238 g/mol. The first-order valence-corrected chi connectivity index (χ1v) is 7.29. The van der Waals surface area contributed by atoms with Crippen LogP contribution in [-0.2, 0) is 0 Å². The van der Waals surface area contributed by atoms with Crippen molar-refractivity contribution in [2.45, 2.75) is 39.2 Å². The molecule has 1 N–H and O–H groups in total. The lowest BCUT2D eigenvalue weighted by molar-refractivity contribution is 0.00106. The number of benzene rings is 1. The van der Waals surface area contributed by atoms with E-state index in [0.717, 1.165) is 38.2 Å². The Morgan fingerprint density at radius 2 is 1.95 bits per heavy atom. The average molecular weight is 265 g/mol. The first kappa shape index (κ1) is 16.0. The van der Waals surface area contributed by atoms with Gasteiger partial charge in [-0.15, -0.1) is 0 Å². The van der Waals surface area contributed by atoms with Crippen LogP contribution in [-0.4, -0.2) is 41.8 Å². The second-order valence-electron chi connectivity index (χ2n) is 4.97. The lowest BCUT2D eigenvalue weighted by atomic mass is 9.94. The van der Waals surface area contributed by atoms with Gasteiger partial charge in [0.05, 0.1) is 6.61 Å². The summed E-state index contributed by atoms with van der Waals surface area (Å²) >= 11 is 0. The third-order valence-electron chi connectivity index (χ3n) is 3.26. The first-order chi connectivity index (χ1) is 9.22. The van der Waals surface area contributed by atoms with Gasteiger partial charge in [-0.25, -0.2) is 0 Å². The van der Waals surface area contributed by atoms with Crippen molar-refractivity contribution in [3.63, 3.8) is 0 Å². The Bertz CT molecular complexity index is 340. The second kappa shape index (κ2) is 8.18. The van der Waals surface area contributed by atoms with E-state index < -0.39 is 0 Å². The van der Waals surface area contributed by atoms with E-state index in [9.17, 15) is 0 Å². The fourth-order valence-corrected chi connectivity index (χ4v) is 2.50. The van der Waals surface area contributed by atoms with Gasteiger partial charge in [-0.1, -0.05) is 32.0 Å². The molecule has 3 heteroatoms. The largest absolute Gasteiger partial charge is 0.486 e. The number of nitrogens with zero attached hydrogens (tertiary/aromatic N) is 1. The zero-order chi connectivity index (χ0) is 14.1. The molecule has 19 heavy (non-hydrogen) atoms. The Labute approximate surface area is 117 Å². The molecule has 0 spiro atoms. The van der Waals surface area contributed by atoms with Crippen LogP contribution in [0.4, 0.5) is 0 Å². The molecule has 0 saturated carbocycles. The molecule has 1 aliphatic heterocycles. The summed E-state index contributed by atoms with van der Waals surface area (Å²) in [4.78, 5) is 2.27. The third kappa shape index (κ3) is 5.21. The van der Waals surface area contributed by atoms with Crippen molar-refractivity contribution < 1.29 is 9.84 Å². The summed E-state index contributed by atoms with van der Waals surface area (Å²) < 4.78 is 6.10. The van der Waals surface area contributed by atoms with Gasteiger partial charge in [0, 0.05) is 13.1 Å². The van der Waals surface area contributed by atoms with E-state index in [4.69, 9.17) is 9.84 Å². The van der Waals surface area contributed by atoms with Crippen molar-refractivity contribution in [2.24, 2.45) is 0 Å². The van der Waals surface area contributed by atoms with Crippen LogP contribution >= 0.6 is 0 Å². The van der Waals surface area contributed by atoms with Crippen molar-refractivity contribution in [3.05, 3.63) is 30.3 Å². The summed E-state index contributed by atoms with van der Waals surface area (Å²) in [5, 5.41) is 9.00. The van der Waals surface area contributed by atoms with Crippen molar-refractivity contribution in [3.8, 4) is 5.75 Å². The average Bonchev–Trinajstić information content (AvgIpc) is 2.42. The van der Waals surface area contributed by atoms with Crippen molar-refractivity contribution in [1.82, 2.24) is 4.90 Å². The number of ether oxygens (including phenoxy) is 1. The molecule has 0 aliphatic carbocycles. The second-order valence-corrected chi connectivity index (χ2v) is 4.97. The zero-order valence-corrected chi connectivity index (χ0v) is 12.4. The predicted molar refractivity (Wildman–Crippen MR) is 79.6 cm³/mol.